The van der Waals surface area contributed by atoms with Gasteiger partial charge in [0.15, 0.2) is 5.79 Å². The number of amides is 1. The van der Waals surface area contributed by atoms with Crippen molar-refractivity contribution < 1.29 is 19.0 Å². The van der Waals surface area contributed by atoms with Gasteiger partial charge in [0.25, 0.3) is 0 Å². The largest absolute Gasteiger partial charge is 0.453 e. The summed E-state index contributed by atoms with van der Waals surface area (Å²) in [5.74, 6) is -0.686. The summed E-state index contributed by atoms with van der Waals surface area (Å²) in [6.07, 6.45) is -0.477. The van der Waals surface area contributed by atoms with Crippen LogP contribution in [0.5, 0.6) is 0 Å². The molecule has 70 valence electrons. The normalized spacial score (nSPS) is 20.5. The lowest BCUT2D eigenvalue weighted by Gasteiger charge is -2.21. The first-order chi connectivity index (χ1) is 5.66. The van der Waals surface area contributed by atoms with Crippen LogP contribution >= 0.6 is 0 Å². The SMILES string of the molecule is COC(=O)NCC1(C)OCCO1. The summed E-state index contributed by atoms with van der Waals surface area (Å²) in [6.45, 7) is 3.22. The number of hydrogen-bond donors (Lipinski definition) is 1. The Kier molecular flexibility index (Phi) is 2.88. The van der Waals surface area contributed by atoms with Crippen molar-refractivity contribution in [3.8, 4) is 0 Å². The third kappa shape index (κ3) is 2.35. The zero-order chi connectivity index (χ0) is 9.03. The number of rotatable bonds is 2. The Balaban J connectivity index is 2.25. The number of nitrogens with one attached hydrogen (secondary N) is 1. The van der Waals surface area contributed by atoms with E-state index in [1.54, 1.807) is 6.92 Å². The average molecular weight is 175 g/mol. The van der Waals surface area contributed by atoms with Crippen LogP contribution in [-0.2, 0) is 14.2 Å². The molecule has 1 aliphatic rings. The third-order valence-electron chi connectivity index (χ3n) is 1.64. The van der Waals surface area contributed by atoms with Gasteiger partial charge in [-0.1, -0.05) is 0 Å². The molecule has 1 rings (SSSR count). The Labute approximate surface area is 71.0 Å². The van der Waals surface area contributed by atoms with Crippen LogP contribution in [0.15, 0.2) is 0 Å². The summed E-state index contributed by atoms with van der Waals surface area (Å²) in [5.41, 5.74) is 0. The molecule has 0 unspecified atom stereocenters. The zero-order valence-electron chi connectivity index (χ0n) is 7.25. The van der Waals surface area contributed by atoms with Crippen molar-refractivity contribution in [2.24, 2.45) is 0 Å². The molecule has 0 aromatic carbocycles. The molecule has 0 aromatic heterocycles. The maximum Gasteiger partial charge on any atom is 0.407 e. The molecule has 0 aromatic rings. The van der Waals surface area contributed by atoms with Crippen molar-refractivity contribution in [3.63, 3.8) is 0 Å². The van der Waals surface area contributed by atoms with Crippen molar-refractivity contribution in [2.75, 3.05) is 26.9 Å². The smallest absolute Gasteiger partial charge is 0.407 e. The van der Waals surface area contributed by atoms with Crippen LogP contribution < -0.4 is 5.32 Å². The molecule has 1 saturated heterocycles. The fourth-order valence-corrected chi connectivity index (χ4v) is 0.964. The molecule has 1 amide bonds. The van der Waals surface area contributed by atoms with Gasteiger partial charge in [0.1, 0.15) is 0 Å². The first kappa shape index (κ1) is 9.28. The van der Waals surface area contributed by atoms with E-state index in [2.05, 4.69) is 10.1 Å². The van der Waals surface area contributed by atoms with Gasteiger partial charge in [-0.2, -0.15) is 0 Å². The first-order valence-corrected chi connectivity index (χ1v) is 3.76. The lowest BCUT2D eigenvalue weighted by atomic mass is 10.3. The fourth-order valence-electron chi connectivity index (χ4n) is 0.964. The Morgan fingerprint density at radius 1 is 1.58 bits per heavy atom. The summed E-state index contributed by atoms with van der Waals surface area (Å²) >= 11 is 0. The van der Waals surface area contributed by atoms with Crippen LogP contribution in [0.2, 0.25) is 0 Å². The number of ether oxygens (including phenoxy) is 3. The van der Waals surface area contributed by atoms with Gasteiger partial charge in [0.2, 0.25) is 0 Å². The summed E-state index contributed by atoms with van der Waals surface area (Å²) in [6, 6.07) is 0. The molecule has 5 nitrogen and oxygen atoms in total. The van der Waals surface area contributed by atoms with Crippen molar-refractivity contribution in [3.05, 3.63) is 0 Å². The van der Waals surface area contributed by atoms with Gasteiger partial charge in [-0.15, -0.1) is 0 Å². The van der Waals surface area contributed by atoms with E-state index < -0.39 is 11.9 Å². The van der Waals surface area contributed by atoms with E-state index in [9.17, 15) is 4.79 Å². The summed E-state index contributed by atoms with van der Waals surface area (Å²) in [5, 5.41) is 2.50. The standard InChI is InChI=1S/C7H13NO4/c1-7(11-3-4-12-7)5-8-6(9)10-2/h3-5H2,1-2H3,(H,8,9). The maximum absolute atomic E-state index is 10.7. The summed E-state index contributed by atoms with van der Waals surface area (Å²) < 4.78 is 14.9. The van der Waals surface area contributed by atoms with Gasteiger partial charge in [-0.3, -0.25) is 0 Å². The second-order valence-corrected chi connectivity index (χ2v) is 2.68. The van der Waals surface area contributed by atoms with Crippen molar-refractivity contribution in [2.45, 2.75) is 12.7 Å². The maximum atomic E-state index is 10.7. The molecular formula is C7H13NO4. The van der Waals surface area contributed by atoms with E-state index in [1.807, 2.05) is 0 Å². The molecule has 1 aliphatic heterocycles. The lowest BCUT2D eigenvalue weighted by molar-refractivity contribution is -0.137. The predicted octanol–water partition coefficient (Wildman–Crippen LogP) is 0.105. The summed E-state index contributed by atoms with van der Waals surface area (Å²) in [4.78, 5) is 10.7. The highest BCUT2D eigenvalue weighted by Gasteiger charge is 2.31. The van der Waals surface area contributed by atoms with E-state index in [0.717, 1.165) is 0 Å². The Morgan fingerprint density at radius 3 is 2.67 bits per heavy atom. The zero-order valence-corrected chi connectivity index (χ0v) is 7.25. The molecule has 0 aliphatic carbocycles. The van der Waals surface area contributed by atoms with E-state index in [1.165, 1.54) is 7.11 Å². The van der Waals surface area contributed by atoms with E-state index in [4.69, 9.17) is 9.47 Å². The number of methoxy groups -OCH3 is 1. The van der Waals surface area contributed by atoms with Crippen LogP contribution in [0.1, 0.15) is 6.92 Å². The van der Waals surface area contributed by atoms with Gasteiger partial charge in [0.05, 0.1) is 26.9 Å². The molecule has 1 fully saturated rings. The Hall–Kier alpha value is -0.810. The topological polar surface area (TPSA) is 56.8 Å². The molecule has 1 heterocycles. The second-order valence-electron chi connectivity index (χ2n) is 2.68. The third-order valence-corrected chi connectivity index (χ3v) is 1.64. The molecule has 12 heavy (non-hydrogen) atoms. The predicted molar refractivity (Wildman–Crippen MR) is 40.7 cm³/mol. The number of carbonyl (C=O) groups is 1. The second kappa shape index (κ2) is 3.73. The highest BCUT2D eigenvalue weighted by Crippen LogP contribution is 2.16. The van der Waals surface area contributed by atoms with Crippen LogP contribution in [0, 0.1) is 0 Å². The Morgan fingerprint density at radius 2 is 2.17 bits per heavy atom. The van der Waals surface area contributed by atoms with Crippen LogP contribution in [-0.4, -0.2) is 38.7 Å². The average Bonchev–Trinajstić information content (AvgIpc) is 2.49. The van der Waals surface area contributed by atoms with Gasteiger partial charge < -0.3 is 19.5 Å². The van der Waals surface area contributed by atoms with E-state index in [-0.39, 0.29) is 0 Å². The fraction of sp³-hybridized carbons (Fsp3) is 0.857. The van der Waals surface area contributed by atoms with Crippen molar-refractivity contribution >= 4 is 6.09 Å². The minimum atomic E-state index is -0.686. The first-order valence-electron chi connectivity index (χ1n) is 3.76. The van der Waals surface area contributed by atoms with Crippen molar-refractivity contribution in [1.29, 1.82) is 0 Å². The van der Waals surface area contributed by atoms with Crippen LogP contribution in [0.25, 0.3) is 0 Å². The Bertz CT molecular complexity index is 165. The minimum Gasteiger partial charge on any atom is -0.453 e. The number of alkyl carbamates (subject to hydrolysis) is 1. The quantitative estimate of drug-likeness (QED) is 0.647. The molecule has 0 atom stereocenters. The molecule has 5 heteroatoms. The molecule has 0 saturated carbocycles. The van der Waals surface area contributed by atoms with Crippen LogP contribution in [0.4, 0.5) is 4.79 Å². The van der Waals surface area contributed by atoms with Crippen molar-refractivity contribution in [1.82, 2.24) is 5.32 Å². The molecule has 0 bridgehead atoms. The lowest BCUT2D eigenvalue weighted by Crippen LogP contribution is -2.41. The van der Waals surface area contributed by atoms with E-state index >= 15 is 0 Å². The van der Waals surface area contributed by atoms with Crippen LogP contribution in [0.3, 0.4) is 0 Å². The van der Waals surface area contributed by atoms with Gasteiger partial charge >= 0.3 is 6.09 Å². The minimum absolute atomic E-state index is 0.305. The van der Waals surface area contributed by atoms with Gasteiger partial charge in [-0.05, 0) is 6.92 Å². The van der Waals surface area contributed by atoms with Gasteiger partial charge in [0, 0.05) is 0 Å². The summed E-state index contributed by atoms with van der Waals surface area (Å²) in [7, 11) is 1.31. The molecule has 0 radical (unpaired) electrons. The monoisotopic (exact) mass is 175 g/mol. The highest BCUT2D eigenvalue weighted by atomic mass is 16.7. The molecule has 1 N–H and O–H groups in total. The highest BCUT2D eigenvalue weighted by molar-refractivity contribution is 5.66. The molecular weight excluding hydrogens is 162 g/mol. The van der Waals surface area contributed by atoms with E-state index in [0.29, 0.717) is 19.8 Å². The molecule has 0 spiro atoms. The number of hydrogen-bond acceptors (Lipinski definition) is 4. The van der Waals surface area contributed by atoms with Gasteiger partial charge in [-0.25, -0.2) is 4.79 Å². The number of carbonyl (C=O) groups excluding carboxylic acids is 1.